The summed E-state index contributed by atoms with van der Waals surface area (Å²) in [7, 11) is -3.18. The Balaban J connectivity index is 1.41. The minimum Gasteiger partial charge on any atom is -0.480 e. The number of nitrogens with two attached hydrogens (primary N) is 1. The summed E-state index contributed by atoms with van der Waals surface area (Å²) in [5, 5.41) is 22.0. The number of nitriles is 1. The Morgan fingerprint density at radius 2 is 2.05 bits per heavy atom. The Bertz CT molecular complexity index is 1520. The summed E-state index contributed by atoms with van der Waals surface area (Å²) in [6.45, 7) is 1.75. The molecule has 0 radical (unpaired) electrons. The number of thiazole rings is 1. The van der Waals surface area contributed by atoms with E-state index in [0.29, 0.717) is 26.5 Å². The number of thiol groups is 1. The summed E-state index contributed by atoms with van der Waals surface area (Å²) in [4.78, 5) is 37.5. The van der Waals surface area contributed by atoms with Crippen molar-refractivity contribution < 1.29 is 23.1 Å². The maximum absolute atomic E-state index is 13.5. The van der Waals surface area contributed by atoms with Crippen LogP contribution < -0.4 is 14.9 Å². The number of carbonyl (C=O) groups excluding carboxylic acids is 1. The van der Waals surface area contributed by atoms with Gasteiger partial charge < -0.3 is 20.6 Å². The predicted molar refractivity (Wildman–Crippen MR) is 142 cm³/mol. The monoisotopic (exact) mass is 555 g/mol. The lowest BCUT2D eigenvalue weighted by Gasteiger charge is -2.27. The van der Waals surface area contributed by atoms with Gasteiger partial charge in [-0.2, -0.15) is 5.26 Å². The molecule has 2 aliphatic heterocycles. The maximum Gasteiger partial charge on any atom is 0.326 e. The molecule has 2 saturated heterocycles. The van der Waals surface area contributed by atoms with Crippen molar-refractivity contribution in [3.8, 4) is 6.07 Å². The van der Waals surface area contributed by atoms with Gasteiger partial charge in [-0.05, 0) is 48.4 Å². The van der Waals surface area contributed by atoms with E-state index in [2.05, 4.69) is 20.9 Å². The fourth-order valence-corrected chi connectivity index (χ4v) is 7.00. The number of carboxylic acid groups (broad SMARTS) is 1. The number of carboxylic acids is 1. The molecule has 5 rings (SSSR count). The fourth-order valence-electron chi connectivity index (χ4n) is 5.09. The van der Waals surface area contributed by atoms with Gasteiger partial charge in [-0.15, -0.1) is 0 Å². The van der Waals surface area contributed by atoms with E-state index in [1.807, 2.05) is 0 Å². The van der Waals surface area contributed by atoms with Crippen molar-refractivity contribution in [2.75, 3.05) is 34.6 Å². The maximum atomic E-state index is 13.5. The molecule has 14 heteroatoms. The number of anilines is 3. The van der Waals surface area contributed by atoms with Crippen LogP contribution in [0.15, 0.2) is 30.6 Å². The van der Waals surface area contributed by atoms with Crippen LogP contribution in [-0.4, -0.2) is 72.0 Å². The molecule has 2 aromatic heterocycles. The first-order chi connectivity index (χ1) is 18.3. The Kier molecular flexibility index (Phi) is 7.04. The number of fused-ring (bicyclic) bond motifs is 1. The number of nitrogen functional groups attached to an aromatic ring is 1. The van der Waals surface area contributed by atoms with Crippen LogP contribution in [0.3, 0.4) is 0 Å². The summed E-state index contributed by atoms with van der Waals surface area (Å²) in [5.41, 5.74) is 6.60. The standard InChI is InChI=1S/C24H25N7O5S2/c25-12-16-10-17-14(3-5-27-21(17)26)9-15(16)11-19(23(33)34)30-8-4-18(22(30)32)31(38(35)36)20-13-28-24(37-20)29-6-1-2-7-29/h3,5,9-10,13,18-19,38H,1-2,4,6-8,11H2,(H2,26,27)(H,33,34)/t18-,19+/m0/s1. The summed E-state index contributed by atoms with van der Waals surface area (Å²) < 4.78 is 25.6. The van der Waals surface area contributed by atoms with Crippen molar-refractivity contribution in [3.05, 3.63) is 41.7 Å². The third-order valence-corrected chi connectivity index (χ3v) is 9.02. The molecule has 1 aromatic carbocycles. The second-order valence-electron chi connectivity index (χ2n) is 9.19. The number of rotatable bonds is 8. The van der Waals surface area contributed by atoms with Crippen LogP contribution in [0, 0.1) is 11.3 Å². The van der Waals surface area contributed by atoms with E-state index >= 15 is 0 Å². The number of benzene rings is 1. The molecule has 3 N–H and O–H groups in total. The molecule has 2 atom stereocenters. The molecule has 0 aliphatic carbocycles. The zero-order chi connectivity index (χ0) is 27.0. The number of pyridine rings is 1. The van der Waals surface area contributed by atoms with Crippen molar-refractivity contribution >= 4 is 60.8 Å². The predicted octanol–water partition coefficient (Wildman–Crippen LogP) is 1.37. The van der Waals surface area contributed by atoms with E-state index in [0.717, 1.165) is 30.2 Å². The lowest BCUT2D eigenvalue weighted by Crippen LogP contribution is -2.48. The number of carbonyl (C=O) groups is 2. The van der Waals surface area contributed by atoms with E-state index in [-0.39, 0.29) is 30.8 Å². The molecule has 2 aliphatic rings. The van der Waals surface area contributed by atoms with Gasteiger partial charge in [-0.1, -0.05) is 11.3 Å². The van der Waals surface area contributed by atoms with Crippen molar-refractivity contribution in [2.45, 2.75) is 37.8 Å². The fraction of sp³-hybridized carbons (Fsp3) is 0.375. The van der Waals surface area contributed by atoms with Gasteiger partial charge in [0.1, 0.15) is 22.9 Å². The normalized spacial score (nSPS) is 18.3. The van der Waals surface area contributed by atoms with Crippen molar-refractivity contribution in [1.29, 1.82) is 5.26 Å². The van der Waals surface area contributed by atoms with E-state index in [1.54, 1.807) is 18.2 Å². The number of nitrogens with zero attached hydrogens (tertiary/aromatic N) is 6. The largest absolute Gasteiger partial charge is 0.480 e. The number of amides is 1. The first-order valence-corrected chi connectivity index (χ1v) is 14.0. The van der Waals surface area contributed by atoms with Gasteiger partial charge in [0, 0.05) is 37.6 Å². The van der Waals surface area contributed by atoms with Crippen LogP contribution in [0.4, 0.5) is 16.0 Å². The van der Waals surface area contributed by atoms with E-state index in [9.17, 15) is 28.4 Å². The van der Waals surface area contributed by atoms with Crippen LogP contribution in [-0.2, 0) is 26.9 Å². The summed E-state index contributed by atoms with van der Waals surface area (Å²) >= 11 is 1.20. The molecule has 1 amide bonds. The first-order valence-electron chi connectivity index (χ1n) is 12.0. The molecular weight excluding hydrogens is 530 g/mol. The molecule has 198 valence electrons. The summed E-state index contributed by atoms with van der Waals surface area (Å²) in [6.07, 6.45) is 5.05. The van der Waals surface area contributed by atoms with Gasteiger partial charge in [-0.25, -0.2) is 27.5 Å². The van der Waals surface area contributed by atoms with Crippen LogP contribution >= 0.6 is 11.3 Å². The van der Waals surface area contributed by atoms with Crippen LogP contribution in [0.25, 0.3) is 10.8 Å². The van der Waals surface area contributed by atoms with Gasteiger partial charge in [0.05, 0.1) is 17.8 Å². The van der Waals surface area contributed by atoms with Gasteiger partial charge in [0.15, 0.2) is 5.13 Å². The first kappa shape index (κ1) is 25.7. The van der Waals surface area contributed by atoms with E-state index < -0.39 is 34.9 Å². The Morgan fingerprint density at radius 3 is 2.74 bits per heavy atom. The highest BCUT2D eigenvalue weighted by Crippen LogP contribution is 2.35. The molecule has 0 saturated carbocycles. The van der Waals surface area contributed by atoms with Crippen molar-refractivity contribution in [1.82, 2.24) is 14.9 Å². The molecule has 3 aromatic rings. The Morgan fingerprint density at radius 1 is 1.29 bits per heavy atom. The highest BCUT2D eigenvalue weighted by atomic mass is 32.2. The van der Waals surface area contributed by atoms with E-state index in [4.69, 9.17) is 5.73 Å². The number of likely N-dealkylation sites (tertiary alicyclic amines) is 1. The molecular formula is C24H25N7O5S2. The molecule has 2 fully saturated rings. The topological polar surface area (TPSA) is 174 Å². The highest BCUT2D eigenvalue weighted by molar-refractivity contribution is 7.74. The number of aromatic nitrogens is 2. The SMILES string of the molecule is N#Cc1cc2c(N)nccc2cc1C[C@H](C(=O)O)N1CC[C@H](N(c2cnc(N3CCCC3)s2)[SH](=O)=O)C1=O. The molecule has 4 heterocycles. The molecule has 0 spiro atoms. The van der Waals surface area contributed by atoms with Crippen LogP contribution in [0.5, 0.6) is 0 Å². The lowest BCUT2D eigenvalue weighted by molar-refractivity contribution is -0.148. The van der Waals surface area contributed by atoms with E-state index in [1.165, 1.54) is 28.6 Å². The molecule has 38 heavy (non-hydrogen) atoms. The van der Waals surface area contributed by atoms with Gasteiger partial charge in [-0.3, -0.25) is 4.79 Å². The zero-order valence-electron chi connectivity index (χ0n) is 20.2. The second kappa shape index (κ2) is 10.4. The third-order valence-electron chi connectivity index (χ3n) is 6.98. The smallest absolute Gasteiger partial charge is 0.326 e. The quantitative estimate of drug-likeness (QED) is 0.344. The molecule has 12 nitrogen and oxygen atoms in total. The number of aliphatic carboxylic acids is 1. The van der Waals surface area contributed by atoms with Gasteiger partial charge in [0.25, 0.3) is 0 Å². The average Bonchev–Trinajstić information content (AvgIpc) is 3.65. The average molecular weight is 556 g/mol. The Hall–Kier alpha value is -3.96. The zero-order valence-corrected chi connectivity index (χ0v) is 21.9. The number of hydrogen-bond donors (Lipinski definition) is 3. The van der Waals surface area contributed by atoms with Crippen LogP contribution in [0.1, 0.15) is 30.4 Å². The highest BCUT2D eigenvalue weighted by Gasteiger charge is 2.43. The minimum absolute atomic E-state index is 0.0598. The van der Waals surface area contributed by atoms with Crippen molar-refractivity contribution in [3.63, 3.8) is 0 Å². The van der Waals surface area contributed by atoms with Crippen LogP contribution in [0.2, 0.25) is 0 Å². The third kappa shape index (κ3) is 4.70. The Labute approximate surface area is 224 Å². The lowest BCUT2D eigenvalue weighted by atomic mass is 9.96. The minimum atomic E-state index is -3.18. The second-order valence-corrected chi connectivity index (χ2v) is 11.1. The summed E-state index contributed by atoms with van der Waals surface area (Å²) in [5.74, 6) is -1.59. The summed E-state index contributed by atoms with van der Waals surface area (Å²) in [6, 6.07) is 4.66. The molecule has 0 bridgehead atoms. The van der Waals surface area contributed by atoms with Gasteiger partial charge >= 0.3 is 5.97 Å². The molecule has 0 unspecified atom stereocenters. The van der Waals surface area contributed by atoms with Crippen molar-refractivity contribution in [2.24, 2.45) is 0 Å². The number of hydrogen-bond acceptors (Lipinski definition) is 10. The van der Waals surface area contributed by atoms with Gasteiger partial charge in [0.2, 0.25) is 16.8 Å².